The lowest BCUT2D eigenvalue weighted by Crippen LogP contribution is -2.31. The van der Waals surface area contributed by atoms with Gasteiger partial charge in [0.15, 0.2) is 0 Å². The van der Waals surface area contributed by atoms with Gasteiger partial charge in [0.25, 0.3) is 0 Å². The first kappa shape index (κ1) is 37.8. The topological polar surface area (TPSA) is 129 Å². The minimum Gasteiger partial charge on any atom is -0.448 e. The highest BCUT2D eigenvalue weighted by Crippen LogP contribution is 2.44. The van der Waals surface area contributed by atoms with Crippen LogP contribution in [-0.4, -0.2) is 89.6 Å². The van der Waals surface area contributed by atoms with Crippen LogP contribution < -0.4 is 5.32 Å². The summed E-state index contributed by atoms with van der Waals surface area (Å²) in [5, 5.41) is 22.6. The Morgan fingerprint density at radius 3 is 1.88 bits per heavy atom. The highest BCUT2D eigenvalue weighted by Gasteiger charge is 2.35. The molecule has 3 aliphatic rings. The van der Waals surface area contributed by atoms with E-state index in [4.69, 9.17) is 9.47 Å². The molecule has 3 aromatic carbocycles. The van der Waals surface area contributed by atoms with Crippen molar-refractivity contribution < 1.29 is 34.1 Å². The number of carbonyl (C=O) groups excluding carboxylic acids is 3. The SMILES string of the molecule is CC[C@H]1CN(C(=O)CCCCCNC(=O)OCc2ccccc2)C[C@@H]1O.CC[C@H]1CN(C(=O)OCC2c3ccccc3-c3ccccc32)C[C@@H]1O. The summed E-state index contributed by atoms with van der Waals surface area (Å²) in [6, 6.07) is 26.2. The van der Waals surface area contributed by atoms with Crippen molar-refractivity contribution in [1.82, 2.24) is 15.1 Å². The van der Waals surface area contributed by atoms with Crippen LogP contribution in [0.15, 0.2) is 78.9 Å². The van der Waals surface area contributed by atoms with E-state index in [-0.39, 0.29) is 42.5 Å². The summed E-state index contributed by atoms with van der Waals surface area (Å²) in [5.41, 5.74) is 5.83. The van der Waals surface area contributed by atoms with Crippen LogP contribution in [0.3, 0.4) is 0 Å². The molecule has 3 N–H and O–H groups in total. The van der Waals surface area contributed by atoms with Gasteiger partial charge in [0.2, 0.25) is 5.91 Å². The second kappa shape index (κ2) is 18.7. The number of unbranched alkanes of at least 4 members (excludes halogenated alkanes) is 2. The summed E-state index contributed by atoms with van der Waals surface area (Å²) in [6.45, 7) is 7.30. The van der Waals surface area contributed by atoms with Crippen LogP contribution in [0.25, 0.3) is 11.1 Å². The number of benzene rings is 3. The average Bonchev–Trinajstić information content (AvgIpc) is 3.84. The Morgan fingerprint density at radius 2 is 1.27 bits per heavy atom. The van der Waals surface area contributed by atoms with Gasteiger partial charge in [0, 0.05) is 50.4 Å². The third kappa shape index (κ3) is 10.1. The Balaban J connectivity index is 0.000000198. The van der Waals surface area contributed by atoms with Gasteiger partial charge in [0.1, 0.15) is 13.2 Å². The highest BCUT2D eigenvalue weighted by atomic mass is 16.6. The average molecular weight is 700 g/mol. The van der Waals surface area contributed by atoms with Gasteiger partial charge >= 0.3 is 12.2 Å². The molecule has 0 bridgehead atoms. The summed E-state index contributed by atoms with van der Waals surface area (Å²) in [7, 11) is 0. The molecule has 3 aromatic rings. The Morgan fingerprint density at radius 1 is 0.706 bits per heavy atom. The molecule has 0 saturated carbocycles. The number of hydrogen-bond acceptors (Lipinski definition) is 7. The number of fused-ring (bicyclic) bond motifs is 3. The quantitative estimate of drug-likeness (QED) is 0.188. The van der Waals surface area contributed by atoms with Gasteiger partial charge in [-0.05, 0) is 53.5 Å². The molecule has 0 unspecified atom stereocenters. The minimum atomic E-state index is -0.439. The first-order valence-corrected chi connectivity index (χ1v) is 18.5. The number of β-amino-alcohol motifs (C(OH)–C–C–N with tert-alkyl or cyclic N) is 2. The Labute approximate surface area is 301 Å². The molecule has 2 aliphatic heterocycles. The Hall–Kier alpha value is -4.41. The van der Waals surface area contributed by atoms with E-state index in [9.17, 15) is 24.6 Å². The smallest absolute Gasteiger partial charge is 0.409 e. The molecule has 0 spiro atoms. The number of ether oxygens (including phenoxy) is 2. The van der Waals surface area contributed by atoms with Crippen LogP contribution in [0, 0.1) is 11.8 Å². The van der Waals surface area contributed by atoms with Crippen LogP contribution >= 0.6 is 0 Å². The van der Waals surface area contributed by atoms with Crippen molar-refractivity contribution in [2.45, 2.75) is 77.1 Å². The van der Waals surface area contributed by atoms with E-state index in [2.05, 4.69) is 29.6 Å². The van der Waals surface area contributed by atoms with Crippen LogP contribution in [0.2, 0.25) is 0 Å². The number of aliphatic hydroxyl groups is 2. The summed E-state index contributed by atoms with van der Waals surface area (Å²) < 4.78 is 10.8. The lowest BCUT2D eigenvalue weighted by molar-refractivity contribution is -0.130. The number of rotatable bonds is 12. The molecular weight excluding hydrogens is 646 g/mol. The van der Waals surface area contributed by atoms with E-state index in [1.54, 1.807) is 9.80 Å². The van der Waals surface area contributed by atoms with Gasteiger partial charge in [0.05, 0.1) is 18.8 Å². The lowest BCUT2D eigenvalue weighted by atomic mass is 9.98. The number of hydrogen-bond donors (Lipinski definition) is 3. The van der Waals surface area contributed by atoms with Crippen molar-refractivity contribution in [3.63, 3.8) is 0 Å². The predicted octanol–water partition coefficient (Wildman–Crippen LogP) is 6.34. The normalized spacial score (nSPS) is 20.6. The van der Waals surface area contributed by atoms with Gasteiger partial charge in [-0.2, -0.15) is 0 Å². The molecule has 2 fully saturated rings. The number of aliphatic hydroxyl groups excluding tert-OH is 2. The minimum absolute atomic E-state index is 0.0749. The zero-order valence-electron chi connectivity index (χ0n) is 29.9. The van der Waals surface area contributed by atoms with Crippen molar-refractivity contribution in [2.75, 3.05) is 39.3 Å². The highest BCUT2D eigenvalue weighted by molar-refractivity contribution is 5.79. The molecule has 2 heterocycles. The molecule has 6 rings (SSSR count). The molecule has 10 heteroatoms. The van der Waals surface area contributed by atoms with Crippen molar-refractivity contribution in [2.24, 2.45) is 11.8 Å². The van der Waals surface area contributed by atoms with Crippen LogP contribution in [-0.2, 0) is 20.9 Å². The van der Waals surface area contributed by atoms with E-state index in [0.717, 1.165) is 37.7 Å². The zero-order chi connectivity index (χ0) is 36.2. The van der Waals surface area contributed by atoms with Crippen LogP contribution in [0.5, 0.6) is 0 Å². The van der Waals surface area contributed by atoms with Gasteiger partial charge in [-0.3, -0.25) is 4.79 Å². The fraction of sp³-hybridized carbons (Fsp3) is 0.488. The molecule has 0 aromatic heterocycles. The molecule has 4 atom stereocenters. The monoisotopic (exact) mass is 699 g/mol. The number of amides is 3. The molecule has 274 valence electrons. The maximum absolute atomic E-state index is 12.4. The summed E-state index contributed by atoms with van der Waals surface area (Å²) in [6.07, 6.45) is 3.20. The van der Waals surface area contributed by atoms with E-state index in [1.807, 2.05) is 68.4 Å². The van der Waals surface area contributed by atoms with Gasteiger partial charge in [-0.25, -0.2) is 9.59 Å². The summed E-state index contributed by atoms with van der Waals surface area (Å²) >= 11 is 0. The molecule has 51 heavy (non-hydrogen) atoms. The maximum Gasteiger partial charge on any atom is 0.409 e. The van der Waals surface area contributed by atoms with E-state index >= 15 is 0 Å². The predicted molar refractivity (Wildman–Crippen MR) is 196 cm³/mol. The zero-order valence-corrected chi connectivity index (χ0v) is 29.9. The maximum atomic E-state index is 12.4. The number of nitrogens with one attached hydrogen (secondary N) is 1. The summed E-state index contributed by atoms with van der Waals surface area (Å²) in [4.78, 5) is 39.6. The fourth-order valence-corrected chi connectivity index (χ4v) is 7.25. The van der Waals surface area contributed by atoms with E-state index in [1.165, 1.54) is 22.3 Å². The largest absolute Gasteiger partial charge is 0.448 e. The number of carbonyl (C=O) groups is 3. The van der Waals surface area contributed by atoms with Gasteiger partial charge in [-0.15, -0.1) is 0 Å². The fourth-order valence-electron chi connectivity index (χ4n) is 7.25. The molecular formula is C41H53N3O7. The third-order valence-corrected chi connectivity index (χ3v) is 10.4. The first-order valence-electron chi connectivity index (χ1n) is 18.5. The molecule has 1 aliphatic carbocycles. The number of alkyl carbamates (subject to hydrolysis) is 1. The van der Waals surface area contributed by atoms with Gasteiger partial charge in [-0.1, -0.05) is 99.1 Å². The second-order valence-electron chi connectivity index (χ2n) is 13.8. The lowest BCUT2D eigenvalue weighted by Gasteiger charge is -2.19. The van der Waals surface area contributed by atoms with E-state index in [0.29, 0.717) is 45.8 Å². The molecule has 3 amide bonds. The number of likely N-dealkylation sites (tertiary alicyclic amines) is 2. The van der Waals surface area contributed by atoms with Crippen molar-refractivity contribution >= 4 is 18.1 Å². The molecule has 10 nitrogen and oxygen atoms in total. The Kier molecular flexibility index (Phi) is 13.9. The van der Waals surface area contributed by atoms with Crippen LogP contribution in [0.4, 0.5) is 9.59 Å². The molecule has 2 saturated heterocycles. The summed E-state index contributed by atoms with van der Waals surface area (Å²) in [5.74, 6) is 0.562. The van der Waals surface area contributed by atoms with E-state index < -0.39 is 12.2 Å². The third-order valence-electron chi connectivity index (χ3n) is 10.4. The van der Waals surface area contributed by atoms with Crippen molar-refractivity contribution in [1.29, 1.82) is 0 Å². The standard InChI is InChI=1S/C21H23NO3.C20H30N2O4/c1-2-14-11-22(12-20(14)23)21(24)25-13-19-17-9-5-3-7-15(17)16-8-4-6-10-18(16)19;1-2-17-13-22(14-18(17)23)19(24)11-7-4-8-12-21-20(25)26-15-16-9-5-3-6-10-16/h3-10,14,19-20,23H,2,11-13H2,1H3;3,5-6,9-10,17-18,23H,2,4,7-8,11-15H2,1H3,(H,21,25)/t14-,20-;17-,18-/m00/s1. The van der Waals surface area contributed by atoms with Crippen molar-refractivity contribution in [3.05, 3.63) is 95.6 Å². The number of nitrogens with zero attached hydrogens (tertiary/aromatic N) is 2. The van der Waals surface area contributed by atoms with Gasteiger partial charge < -0.3 is 34.8 Å². The van der Waals surface area contributed by atoms with Crippen LogP contribution in [0.1, 0.15) is 75.0 Å². The Bertz CT molecular complexity index is 1540. The molecule has 0 radical (unpaired) electrons. The first-order chi connectivity index (χ1) is 24.8. The van der Waals surface area contributed by atoms with Crippen molar-refractivity contribution in [3.8, 4) is 11.1 Å². The second-order valence-corrected chi connectivity index (χ2v) is 13.8.